The third kappa shape index (κ3) is 2.97. The zero-order chi connectivity index (χ0) is 9.68. The van der Waals surface area contributed by atoms with Gasteiger partial charge in [-0.15, -0.1) is 0 Å². The molecule has 0 aromatic carbocycles. The monoisotopic (exact) mass is 185 g/mol. The maximum atomic E-state index is 9.70. The number of nitrogens with two attached hydrogens (primary N) is 1. The molecule has 1 saturated heterocycles. The Hall–Kier alpha value is -0.610. The highest BCUT2D eigenvalue weighted by molar-refractivity contribution is 5.79. The Morgan fingerprint density at radius 2 is 2.31 bits per heavy atom. The van der Waals surface area contributed by atoms with Crippen LogP contribution < -0.4 is 5.73 Å². The molecule has 0 radical (unpaired) electrons. The average Bonchev–Trinajstić information content (AvgIpc) is 2.15. The van der Waals surface area contributed by atoms with Gasteiger partial charge < -0.3 is 15.7 Å². The SMILES string of the molecule is N=C1CCCCN1C(O)CCCN. The highest BCUT2D eigenvalue weighted by Gasteiger charge is 2.20. The molecule has 0 aliphatic carbocycles. The number of piperidine rings is 1. The van der Waals surface area contributed by atoms with E-state index in [-0.39, 0.29) is 0 Å². The average molecular weight is 185 g/mol. The summed E-state index contributed by atoms with van der Waals surface area (Å²) in [6, 6.07) is 0. The smallest absolute Gasteiger partial charge is 0.127 e. The molecule has 1 heterocycles. The normalized spacial score (nSPS) is 20.5. The summed E-state index contributed by atoms with van der Waals surface area (Å²) in [6.45, 7) is 1.43. The molecular weight excluding hydrogens is 166 g/mol. The molecule has 13 heavy (non-hydrogen) atoms. The first-order valence-corrected chi connectivity index (χ1v) is 4.98. The molecule has 1 aliphatic heterocycles. The van der Waals surface area contributed by atoms with Crippen molar-refractivity contribution in [3.8, 4) is 0 Å². The third-order valence-corrected chi connectivity index (χ3v) is 2.44. The van der Waals surface area contributed by atoms with Crippen molar-refractivity contribution in [3.63, 3.8) is 0 Å². The van der Waals surface area contributed by atoms with E-state index in [0.29, 0.717) is 18.8 Å². The van der Waals surface area contributed by atoms with Crippen molar-refractivity contribution >= 4 is 5.84 Å². The zero-order valence-corrected chi connectivity index (χ0v) is 8.00. The van der Waals surface area contributed by atoms with Crippen molar-refractivity contribution in [2.45, 2.75) is 38.3 Å². The third-order valence-electron chi connectivity index (χ3n) is 2.44. The summed E-state index contributed by atoms with van der Waals surface area (Å²) in [5, 5.41) is 17.4. The summed E-state index contributed by atoms with van der Waals surface area (Å²) in [6.07, 6.45) is 3.99. The number of likely N-dealkylation sites (tertiary alicyclic amines) is 1. The van der Waals surface area contributed by atoms with Gasteiger partial charge in [-0.3, -0.25) is 5.41 Å². The number of nitrogens with one attached hydrogen (secondary N) is 1. The van der Waals surface area contributed by atoms with Gasteiger partial charge in [0.25, 0.3) is 0 Å². The first-order valence-electron chi connectivity index (χ1n) is 4.98. The molecular formula is C9H19N3O. The number of hydrogen-bond acceptors (Lipinski definition) is 3. The lowest BCUT2D eigenvalue weighted by atomic mass is 10.1. The van der Waals surface area contributed by atoms with Gasteiger partial charge in [0.1, 0.15) is 6.23 Å². The summed E-state index contributed by atoms with van der Waals surface area (Å²) >= 11 is 0. The van der Waals surface area contributed by atoms with Gasteiger partial charge in [-0.2, -0.15) is 0 Å². The minimum Gasteiger partial charge on any atom is -0.374 e. The largest absolute Gasteiger partial charge is 0.374 e. The Kier molecular flexibility index (Phi) is 4.18. The number of rotatable bonds is 4. The van der Waals surface area contributed by atoms with Gasteiger partial charge in [0.2, 0.25) is 0 Å². The lowest BCUT2D eigenvalue weighted by Crippen LogP contribution is -2.43. The molecule has 76 valence electrons. The van der Waals surface area contributed by atoms with Gasteiger partial charge in [0, 0.05) is 13.0 Å². The summed E-state index contributed by atoms with van der Waals surface area (Å²) in [7, 11) is 0. The molecule has 4 heteroatoms. The second kappa shape index (κ2) is 5.19. The molecule has 0 bridgehead atoms. The molecule has 0 amide bonds. The fourth-order valence-corrected chi connectivity index (χ4v) is 1.64. The van der Waals surface area contributed by atoms with Gasteiger partial charge in [0.05, 0.1) is 5.84 Å². The molecule has 0 spiro atoms. The van der Waals surface area contributed by atoms with E-state index in [1.807, 2.05) is 0 Å². The quantitative estimate of drug-likeness (QED) is 0.597. The lowest BCUT2D eigenvalue weighted by molar-refractivity contribution is 0.0373. The van der Waals surface area contributed by atoms with Gasteiger partial charge in [-0.1, -0.05) is 0 Å². The van der Waals surface area contributed by atoms with E-state index in [0.717, 1.165) is 32.2 Å². The molecule has 0 aromatic heterocycles. The maximum Gasteiger partial charge on any atom is 0.127 e. The van der Waals surface area contributed by atoms with Crippen LogP contribution in [-0.2, 0) is 0 Å². The van der Waals surface area contributed by atoms with Crippen LogP contribution in [-0.4, -0.2) is 35.2 Å². The van der Waals surface area contributed by atoms with Crippen LogP contribution >= 0.6 is 0 Å². The second-order valence-electron chi connectivity index (χ2n) is 3.51. The minimum absolute atomic E-state index is 0.489. The lowest BCUT2D eigenvalue weighted by Gasteiger charge is -2.33. The van der Waals surface area contributed by atoms with E-state index in [2.05, 4.69) is 0 Å². The van der Waals surface area contributed by atoms with Crippen molar-refractivity contribution in [3.05, 3.63) is 0 Å². The van der Waals surface area contributed by atoms with Crippen LogP contribution in [0.15, 0.2) is 0 Å². The summed E-state index contributed by atoms with van der Waals surface area (Å²) in [4.78, 5) is 1.79. The number of hydrogen-bond donors (Lipinski definition) is 3. The van der Waals surface area contributed by atoms with E-state index in [1.165, 1.54) is 0 Å². The highest BCUT2D eigenvalue weighted by Crippen LogP contribution is 2.15. The van der Waals surface area contributed by atoms with Crippen molar-refractivity contribution in [2.24, 2.45) is 5.73 Å². The van der Waals surface area contributed by atoms with E-state index in [4.69, 9.17) is 11.1 Å². The van der Waals surface area contributed by atoms with Gasteiger partial charge in [-0.05, 0) is 32.2 Å². The second-order valence-corrected chi connectivity index (χ2v) is 3.51. The van der Waals surface area contributed by atoms with Crippen LogP contribution in [0.1, 0.15) is 32.1 Å². The Morgan fingerprint density at radius 3 is 2.92 bits per heavy atom. The van der Waals surface area contributed by atoms with Crippen LogP contribution in [0.5, 0.6) is 0 Å². The molecule has 1 atom stereocenters. The number of aliphatic hydroxyl groups excluding tert-OH is 1. The molecule has 4 nitrogen and oxygen atoms in total. The van der Waals surface area contributed by atoms with Crippen molar-refractivity contribution in [1.82, 2.24) is 4.90 Å². The first kappa shape index (κ1) is 10.5. The fourth-order valence-electron chi connectivity index (χ4n) is 1.64. The van der Waals surface area contributed by atoms with E-state index < -0.39 is 6.23 Å². The van der Waals surface area contributed by atoms with Gasteiger partial charge in [0.15, 0.2) is 0 Å². The molecule has 0 aromatic rings. The molecule has 4 N–H and O–H groups in total. The predicted octanol–water partition coefficient (Wildman–Crippen LogP) is 0.507. The fraction of sp³-hybridized carbons (Fsp3) is 0.889. The summed E-state index contributed by atoms with van der Waals surface area (Å²) in [5.74, 6) is 0.579. The predicted molar refractivity (Wildman–Crippen MR) is 52.6 cm³/mol. The first-order chi connectivity index (χ1) is 6.25. The van der Waals surface area contributed by atoms with Crippen LogP contribution in [0.3, 0.4) is 0 Å². The summed E-state index contributed by atoms with van der Waals surface area (Å²) in [5.41, 5.74) is 5.36. The highest BCUT2D eigenvalue weighted by atomic mass is 16.3. The van der Waals surface area contributed by atoms with Gasteiger partial charge >= 0.3 is 0 Å². The van der Waals surface area contributed by atoms with E-state index >= 15 is 0 Å². The van der Waals surface area contributed by atoms with Crippen molar-refractivity contribution in [2.75, 3.05) is 13.1 Å². The van der Waals surface area contributed by atoms with Crippen LogP contribution in [0, 0.1) is 5.41 Å². The minimum atomic E-state index is -0.489. The van der Waals surface area contributed by atoms with Gasteiger partial charge in [-0.25, -0.2) is 0 Å². The Bertz CT molecular complexity index is 172. The number of aliphatic hydroxyl groups is 1. The Morgan fingerprint density at radius 1 is 1.54 bits per heavy atom. The van der Waals surface area contributed by atoms with Crippen molar-refractivity contribution in [1.29, 1.82) is 5.41 Å². The van der Waals surface area contributed by atoms with E-state index in [1.54, 1.807) is 4.90 Å². The van der Waals surface area contributed by atoms with Crippen LogP contribution in [0.2, 0.25) is 0 Å². The molecule has 1 rings (SSSR count). The Labute approximate surface area is 79.2 Å². The molecule has 1 fully saturated rings. The Balaban J connectivity index is 2.34. The van der Waals surface area contributed by atoms with Crippen molar-refractivity contribution < 1.29 is 5.11 Å². The van der Waals surface area contributed by atoms with Crippen LogP contribution in [0.25, 0.3) is 0 Å². The van der Waals surface area contributed by atoms with E-state index in [9.17, 15) is 5.11 Å². The van der Waals surface area contributed by atoms with Crippen LogP contribution in [0.4, 0.5) is 0 Å². The molecule has 1 aliphatic rings. The number of nitrogens with zero attached hydrogens (tertiary/aromatic N) is 1. The zero-order valence-electron chi connectivity index (χ0n) is 8.00. The maximum absolute atomic E-state index is 9.70. The standard InChI is InChI=1S/C9H19N3O/c10-6-3-5-9(13)12-7-2-1-4-8(12)11/h9,11,13H,1-7,10H2. The summed E-state index contributed by atoms with van der Waals surface area (Å²) < 4.78 is 0. The molecule has 1 unspecified atom stereocenters. The molecule has 0 saturated carbocycles. The number of amidine groups is 1. The topological polar surface area (TPSA) is 73.3 Å².